The lowest BCUT2D eigenvalue weighted by Gasteiger charge is -2.11. The average molecular weight is 436 g/mol. The van der Waals surface area contributed by atoms with Crippen LogP contribution in [0.2, 0.25) is 5.02 Å². The lowest BCUT2D eigenvalue weighted by Crippen LogP contribution is -2.36. The van der Waals surface area contributed by atoms with E-state index in [1.165, 1.54) is 5.56 Å². The first-order valence-corrected chi connectivity index (χ1v) is 9.41. The summed E-state index contributed by atoms with van der Waals surface area (Å²) in [5, 5.41) is 5.79. The van der Waals surface area contributed by atoms with E-state index in [1.807, 2.05) is 28.8 Å². The van der Waals surface area contributed by atoms with E-state index in [0.717, 1.165) is 18.4 Å². The van der Waals surface area contributed by atoms with Crippen molar-refractivity contribution in [3.05, 3.63) is 59.1 Å². The molecular weight excluding hydrogens is 413 g/mol. The second-order valence-corrected chi connectivity index (χ2v) is 6.77. The fourth-order valence-corrected chi connectivity index (χ4v) is 3.10. The van der Waals surface area contributed by atoms with E-state index in [4.69, 9.17) is 17.3 Å². The largest absolute Gasteiger partial charge is 0.346 e. The van der Waals surface area contributed by atoms with Gasteiger partial charge in [-0.2, -0.15) is 0 Å². The molecule has 1 heterocycles. The molecule has 3 aromatic rings. The highest BCUT2D eigenvalue weighted by Gasteiger charge is 2.14. The number of hydrogen-bond acceptors (Lipinski definition) is 4. The summed E-state index contributed by atoms with van der Waals surface area (Å²) < 4.78 is 1.96. The van der Waals surface area contributed by atoms with Crippen molar-refractivity contribution >= 4 is 52.8 Å². The molecule has 7 nitrogen and oxygen atoms in total. The number of carbonyl (C=O) groups is 2. The molecule has 0 atom stereocenters. The highest BCUT2D eigenvalue weighted by atomic mass is 35.5. The van der Waals surface area contributed by atoms with Crippen LogP contribution in [0.3, 0.4) is 0 Å². The number of rotatable bonds is 8. The van der Waals surface area contributed by atoms with Gasteiger partial charge in [0.15, 0.2) is 0 Å². The summed E-state index contributed by atoms with van der Waals surface area (Å²) in [7, 11) is 0. The van der Waals surface area contributed by atoms with Crippen LogP contribution < -0.4 is 16.4 Å². The van der Waals surface area contributed by atoms with Crippen molar-refractivity contribution in [2.75, 3.05) is 18.4 Å². The van der Waals surface area contributed by atoms with Crippen LogP contribution in [0.5, 0.6) is 0 Å². The summed E-state index contributed by atoms with van der Waals surface area (Å²) in [6, 6.07) is 15.7. The van der Waals surface area contributed by atoms with Gasteiger partial charge in [-0.1, -0.05) is 41.9 Å². The number of amides is 2. The number of hydrogen-bond donors (Lipinski definition) is 3. The quantitative estimate of drug-likeness (QED) is 0.505. The summed E-state index contributed by atoms with van der Waals surface area (Å²) >= 11 is 6.08. The Morgan fingerprint density at radius 1 is 1.10 bits per heavy atom. The van der Waals surface area contributed by atoms with Gasteiger partial charge in [0.05, 0.1) is 24.1 Å². The number of nitrogens with two attached hydrogens (primary N) is 1. The van der Waals surface area contributed by atoms with E-state index in [9.17, 15) is 9.59 Å². The van der Waals surface area contributed by atoms with Gasteiger partial charge in [-0.15, -0.1) is 12.4 Å². The number of fused-ring (bicyclic) bond motifs is 1. The number of carbonyl (C=O) groups excluding carboxylic acids is 2. The van der Waals surface area contributed by atoms with Crippen molar-refractivity contribution in [1.29, 1.82) is 0 Å². The molecule has 9 heteroatoms. The molecule has 0 saturated heterocycles. The first-order valence-electron chi connectivity index (χ1n) is 9.03. The molecule has 0 aliphatic rings. The van der Waals surface area contributed by atoms with Crippen molar-refractivity contribution in [2.24, 2.45) is 5.73 Å². The smallest absolute Gasteiger partial charge is 0.246 e. The third-order valence-electron chi connectivity index (χ3n) is 4.28. The Morgan fingerprint density at radius 3 is 2.59 bits per heavy atom. The maximum atomic E-state index is 12.2. The van der Waals surface area contributed by atoms with Crippen molar-refractivity contribution < 1.29 is 9.59 Å². The Kier molecular flexibility index (Phi) is 8.45. The Morgan fingerprint density at radius 2 is 1.86 bits per heavy atom. The molecule has 0 fully saturated rings. The molecule has 0 radical (unpaired) electrons. The Labute approximate surface area is 180 Å². The molecule has 0 bridgehead atoms. The SMILES string of the molecule is Cl.NCC(=O)NCC(=O)Nc1nc2cc(Cl)ccc2n1CCCc1ccccc1. The second-order valence-electron chi connectivity index (χ2n) is 6.34. The standard InChI is InChI=1S/C20H22ClN5O2.ClH/c21-15-8-9-17-16(11-15)24-20(25-19(28)13-23-18(27)12-22)26(17)10-4-7-14-5-2-1-3-6-14;/h1-3,5-6,8-9,11H,4,7,10,12-13,22H2,(H,23,27)(H,24,25,28);1H. The first-order chi connectivity index (χ1) is 13.6. The minimum atomic E-state index is -0.390. The monoisotopic (exact) mass is 435 g/mol. The Balaban J connectivity index is 0.00000300. The number of imidazole rings is 1. The molecule has 2 aromatic carbocycles. The number of anilines is 1. The van der Waals surface area contributed by atoms with Gasteiger partial charge in [0.25, 0.3) is 0 Å². The van der Waals surface area contributed by atoms with E-state index in [2.05, 4.69) is 27.8 Å². The van der Waals surface area contributed by atoms with Crippen LogP contribution in [0.25, 0.3) is 11.0 Å². The highest BCUT2D eigenvalue weighted by Crippen LogP contribution is 2.24. The van der Waals surface area contributed by atoms with Crippen molar-refractivity contribution in [2.45, 2.75) is 19.4 Å². The second kappa shape index (κ2) is 10.8. The van der Waals surface area contributed by atoms with Crippen LogP contribution in [-0.4, -0.2) is 34.5 Å². The lowest BCUT2D eigenvalue weighted by molar-refractivity contribution is -0.123. The topological polar surface area (TPSA) is 102 Å². The van der Waals surface area contributed by atoms with E-state index in [-0.39, 0.29) is 31.4 Å². The molecule has 0 saturated carbocycles. The van der Waals surface area contributed by atoms with Crippen LogP contribution in [0.15, 0.2) is 48.5 Å². The van der Waals surface area contributed by atoms with Gasteiger partial charge in [-0.05, 0) is 36.6 Å². The number of halogens is 2. The predicted molar refractivity (Wildman–Crippen MR) is 117 cm³/mol. The minimum absolute atomic E-state index is 0. The summed E-state index contributed by atoms with van der Waals surface area (Å²) in [5.74, 6) is -0.330. The third kappa shape index (κ3) is 6.19. The van der Waals surface area contributed by atoms with Crippen LogP contribution in [-0.2, 0) is 22.6 Å². The maximum Gasteiger partial charge on any atom is 0.246 e. The molecule has 1 aromatic heterocycles. The minimum Gasteiger partial charge on any atom is -0.346 e. The van der Waals surface area contributed by atoms with Gasteiger partial charge in [0, 0.05) is 11.6 Å². The normalized spacial score (nSPS) is 10.4. The van der Waals surface area contributed by atoms with Crippen LogP contribution in [0.4, 0.5) is 5.95 Å². The van der Waals surface area contributed by atoms with Crippen LogP contribution in [0.1, 0.15) is 12.0 Å². The number of nitrogens with one attached hydrogen (secondary N) is 2. The molecular formula is C20H23Cl2N5O2. The Hall–Kier alpha value is -2.61. The van der Waals surface area contributed by atoms with Gasteiger partial charge >= 0.3 is 0 Å². The number of aromatic nitrogens is 2. The molecule has 4 N–H and O–H groups in total. The summed E-state index contributed by atoms with van der Waals surface area (Å²) in [6.45, 7) is 0.353. The molecule has 154 valence electrons. The van der Waals surface area contributed by atoms with E-state index >= 15 is 0 Å². The van der Waals surface area contributed by atoms with Crippen molar-refractivity contribution in [3.8, 4) is 0 Å². The summed E-state index contributed by atoms with van der Waals surface area (Å²) in [5.41, 5.74) is 8.07. The number of nitrogens with zero attached hydrogens (tertiary/aromatic N) is 2. The molecule has 29 heavy (non-hydrogen) atoms. The lowest BCUT2D eigenvalue weighted by atomic mass is 10.1. The zero-order valence-electron chi connectivity index (χ0n) is 15.7. The van der Waals surface area contributed by atoms with Gasteiger partial charge < -0.3 is 15.6 Å². The van der Waals surface area contributed by atoms with Crippen molar-refractivity contribution in [1.82, 2.24) is 14.9 Å². The maximum absolute atomic E-state index is 12.2. The van der Waals surface area contributed by atoms with Gasteiger partial charge in [-0.3, -0.25) is 14.9 Å². The molecule has 2 amide bonds. The summed E-state index contributed by atoms with van der Waals surface area (Å²) in [6.07, 6.45) is 1.79. The average Bonchev–Trinajstić information content (AvgIpc) is 3.03. The van der Waals surface area contributed by atoms with Crippen molar-refractivity contribution in [3.63, 3.8) is 0 Å². The first kappa shape index (κ1) is 22.7. The number of aryl methyl sites for hydroxylation is 2. The summed E-state index contributed by atoms with van der Waals surface area (Å²) in [4.78, 5) is 27.9. The zero-order valence-corrected chi connectivity index (χ0v) is 17.3. The van der Waals surface area contributed by atoms with E-state index < -0.39 is 5.91 Å². The Bertz CT molecular complexity index is 976. The predicted octanol–water partition coefficient (Wildman–Crippen LogP) is 2.76. The molecule has 3 rings (SSSR count). The highest BCUT2D eigenvalue weighted by molar-refractivity contribution is 6.31. The van der Waals surface area contributed by atoms with Crippen LogP contribution >= 0.6 is 24.0 Å². The molecule has 0 aliphatic heterocycles. The fourth-order valence-electron chi connectivity index (χ4n) is 2.93. The van der Waals surface area contributed by atoms with Crippen LogP contribution in [0, 0.1) is 0 Å². The van der Waals surface area contributed by atoms with E-state index in [0.29, 0.717) is 23.0 Å². The van der Waals surface area contributed by atoms with E-state index in [1.54, 1.807) is 12.1 Å². The fraction of sp³-hybridized carbons (Fsp3) is 0.250. The zero-order chi connectivity index (χ0) is 19.9. The third-order valence-corrected chi connectivity index (χ3v) is 4.52. The molecule has 0 aliphatic carbocycles. The molecule has 0 spiro atoms. The van der Waals surface area contributed by atoms with Gasteiger partial charge in [0.2, 0.25) is 17.8 Å². The number of benzene rings is 2. The molecule has 0 unspecified atom stereocenters. The van der Waals surface area contributed by atoms with Gasteiger partial charge in [0.1, 0.15) is 0 Å². The van der Waals surface area contributed by atoms with Gasteiger partial charge in [-0.25, -0.2) is 4.98 Å².